The Kier molecular flexibility index (Phi) is 4.50. The highest BCUT2D eigenvalue weighted by Crippen LogP contribution is 2.37. The molecule has 0 aliphatic heterocycles. The van der Waals surface area contributed by atoms with E-state index in [2.05, 4.69) is 36.5 Å². The van der Waals surface area contributed by atoms with Crippen molar-refractivity contribution >= 4 is 56.5 Å². The van der Waals surface area contributed by atoms with Crippen molar-refractivity contribution in [1.29, 1.82) is 0 Å². The van der Waals surface area contributed by atoms with E-state index >= 15 is 0 Å². The largest absolute Gasteiger partial charge is 0.373 e. The fourth-order valence-corrected chi connectivity index (χ4v) is 2.40. The molecule has 19 heavy (non-hydrogen) atoms. The van der Waals surface area contributed by atoms with Crippen LogP contribution in [0.4, 0.5) is 17.3 Å². The molecule has 1 aromatic heterocycles. The molecule has 2 aromatic rings. The second-order valence-corrected chi connectivity index (χ2v) is 5.40. The third-order valence-corrected chi connectivity index (χ3v) is 4.38. The van der Waals surface area contributed by atoms with Gasteiger partial charge in [-0.05, 0) is 35.0 Å². The van der Waals surface area contributed by atoms with Gasteiger partial charge in [0, 0.05) is 17.1 Å². The summed E-state index contributed by atoms with van der Waals surface area (Å²) in [5, 5.41) is 7.06. The van der Waals surface area contributed by atoms with Gasteiger partial charge in [0.25, 0.3) is 0 Å². The highest BCUT2D eigenvalue weighted by molar-refractivity contribution is 9.10. The van der Waals surface area contributed by atoms with Crippen molar-refractivity contribution in [2.45, 2.75) is 6.92 Å². The van der Waals surface area contributed by atoms with E-state index in [4.69, 9.17) is 23.2 Å². The summed E-state index contributed by atoms with van der Waals surface area (Å²) in [6.07, 6.45) is 1.48. The van der Waals surface area contributed by atoms with Crippen LogP contribution in [0.2, 0.25) is 10.0 Å². The molecule has 1 heterocycles. The van der Waals surface area contributed by atoms with Crippen LogP contribution in [0.1, 0.15) is 5.56 Å². The monoisotopic (exact) mass is 360 g/mol. The van der Waals surface area contributed by atoms with Crippen LogP contribution in [0.5, 0.6) is 0 Å². The summed E-state index contributed by atoms with van der Waals surface area (Å²) in [6.45, 7) is 1.92. The van der Waals surface area contributed by atoms with Gasteiger partial charge in [-0.15, -0.1) is 0 Å². The van der Waals surface area contributed by atoms with Crippen molar-refractivity contribution in [3.63, 3.8) is 0 Å². The van der Waals surface area contributed by atoms with Crippen molar-refractivity contribution in [3.8, 4) is 0 Å². The summed E-state index contributed by atoms with van der Waals surface area (Å²) in [7, 11) is 1.81. The molecule has 0 saturated heterocycles. The Hall–Kier alpha value is -1.04. The maximum atomic E-state index is 6.19. The summed E-state index contributed by atoms with van der Waals surface area (Å²) in [5.74, 6) is 1.44. The third kappa shape index (κ3) is 2.94. The molecule has 0 saturated carbocycles. The first kappa shape index (κ1) is 14.4. The molecule has 0 radical (unpaired) electrons. The molecule has 0 spiro atoms. The van der Waals surface area contributed by atoms with E-state index in [9.17, 15) is 0 Å². The van der Waals surface area contributed by atoms with Crippen LogP contribution in [0.3, 0.4) is 0 Å². The van der Waals surface area contributed by atoms with Gasteiger partial charge in [-0.2, -0.15) is 0 Å². The lowest BCUT2D eigenvalue weighted by Gasteiger charge is -2.13. The molecule has 0 fully saturated rings. The molecule has 0 bridgehead atoms. The van der Waals surface area contributed by atoms with Gasteiger partial charge in [0.2, 0.25) is 0 Å². The fraction of sp³-hybridized carbons (Fsp3) is 0.167. The van der Waals surface area contributed by atoms with Crippen molar-refractivity contribution in [2.24, 2.45) is 0 Å². The van der Waals surface area contributed by atoms with Gasteiger partial charge in [0.1, 0.15) is 18.0 Å². The van der Waals surface area contributed by atoms with Crippen LogP contribution in [0.25, 0.3) is 0 Å². The average Bonchev–Trinajstić information content (AvgIpc) is 2.41. The summed E-state index contributed by atoms with van der Waals surface area (Å²) in [4.78, 5) is 8.32. The van der Waals surface area contributed by atoms with E-state index in [0.29, 0.717) is 21.6 Å². The Labute approximate surface area is 129 Å². The highest BCUT2D eigenvalue weighted by Gasteiger charge is 2.11. The standard InChI is InChI=1S/C12H11BrCl2N4/c1-6-11(16-2)17-5-18-12(6)19-8-4-3-7(13)9(14)10(8)15/h3-5H,1-2H3,(H2,16,17,18,19). The van der Waals surface area contributed by atoms with Crippen molar-refractivity contribution < 1.29 is 0 Å². The first-order valence-electron chi connectivity index (χ1n) is 5.44. The van der Waals surface area contributed by atoms with E-state index in [1.807, 2.05) is 26.1 Å². The molecule has 2 N–H and O–H groups in total. The zero-order chi connectivity index (χ0) is 14.0. The van der Waals surface area contributed by atoms with E-state index in [1.165, 1.54) is 6.33 Å². The molecule has 1 aromatic carbocycles. The zero-order valence-electron chi connectivity index (χ0n) is 10.3. The van der Waals surface area contributed by atoms with Crippen LogP contribution >= 0.6 is 39.1 Å². The lowest BCUT2D eigenvalue weighted by Crippen LogP contribution is -2.02. The van der Waals surface area contributed by atoms with E-state index < -0.39 is 0 Å². The van der Waals surface area contributed by atoms with E-state index in [1.54, 1.807) is 0 Å². The molecule has 100 valence electrons. The minimum absolute atomic E-state index is 0.445. The number of rotatable bonds is 3. The molecule has 0 unspecified atom stereocenters. The topological polar surface area (TPSA) is 49.8 Å². The first-order chi connectivity index (χ1) is 9.04. The molecule has 0 aliphatic rings. The number of hydrogen-bond acceptors (Lipinski definition) is 4. The van der Waals surface area contributed by atoms with Gasteiger partial charge < -0.3 is 10.6 Å². The quantitative estimate of drug-likeness (QED) is 0.782. The Balaban J connectivity index is 2.39. The summed E-state index contributed by atoms with van der Waals surface area (Å²) in [6, 6.07) is 3.66. The zero-order valence-corrected chi connectivity index (χ0v) is 13.4. The van der Waals surface area contributed by atoms with E-state index in [0.717, 1.165) is 15.9 Å². The Morgan fingerprint density at radius 2 is 1.79 bits per heavy atom. The number of anilines is 3. The first-order valence-corrected chi connectivity index (χ1v) is 6.99. The Bertz CT molecular complexity index is 619. The lowest BCUT2D eigenvalue weighted by molar-refractivity contribution is 1.12. The maximum Gasteiger partial charge on any atom is 0.138 e. The number of nitrogens with one attached hydrogen (secondary N) is 2. The number of hydrogen-bond donors (Lipinski definition) is 2. The van der Waals surface area contributed by atoms with Gasteiger partial charge in [-0.25, -0.2) is 9.97 Å². The molecular formula is C12H11BrCl2N4. The molecular weight excluding hydrogens is 351 g/mol. The average molecular weight is 362 g/mol. The normalized spacial score (nSPS) is 10.4. The van der Waals surface area contributed by atoms with Crippen molar-refractivity contribution in [2.75, 3.05) is 17.7 Å². The van der Waals surface area contributed by atoms with Gasteiger partial charge in [-0.3, -0.25) is 0 Å². The highest BCUT2D eigenvalue weighted by atomic mass is 79.9. The predicted octanol–water partition coefficient (Wildman–Crippen LogP) is 4.64. The van der Waals surface area contributed by atoms with Gasteiger partial charge >= 0.3 is 0 Å². The van der Waals surface area contributed by atoms with Crippen LogP contribution in [-0.2, 0) is 0 Å². The summed E-state index contributed by atoms with van der Waals surface area (Å²) < 4.78 is 0.750. The SMILES string of the molecule is CNc1ncnc(Nc2ccc(Br)c(Cl)c2Cl)c1C. The van der Waals surface area contributed by atoms with Crippen LogP contribution in [0.15, 0.2) is 22.9 Å². The predicted molar refractivity (Wildman–Crippen MR) is 83.8 cm³/mol. The minimum atomic E-state index is 0.445. The lowest BCUT2D eigenvalue weighted by atomic mass is 10.2. The number of nitrogens with zero attached hydrogens (tertiary/aromatic N) is 2. The van der Waals surface area contributed by atoms with Crippen molar-refractivity contribution in [3.05, 3.63) is 38.5 Å². The Morgan fingerprint density at radius 3 is 2.47 bits per heavy atom. The number of benzene rings is 1. The van der Waals surface area contributed by atoms with Crippen LogP contribution in [0, 0.1) is 6.92 Å². The second-order valence-electron chi connectivity index (χ2n) is 3.79. The molecule has 2 rings (SSSR count). The minimum Gasteiger partial charge on any atom is -0.373 e. The summed E-state index contributed by atoms with van der Waals surface area (Å²) >= 11 is 15.6. The number of halogens is 3. The fourth-order valence-electron chi connectivity index (χ4n) is 1.58. The smallest absolute Gasteiger partial charge is 0.138 e. The van der Waals surface area contributed by atoms with Gasteiger partial charge in [-0.1, -0.05) is 23.2 Å². The third-order valence-electron chi connectivity index (χ3n) is 2.61. The van der Waals surface area contributed by atoms with Gasteiger partial charge in [0.05, 0.1) is 15.7 Å². The van der Waals surface area contributed by atoms with Crippen LogP contribution in [-0.4, -0.2) is 17.0 Å². The second kappa shape index (κ2) is 5.94. The van der Waals surface area contributed by atoms with Gasteiger partial charge in [0.15, 0.2) is 0 Å². The van der Waals surface area contributed by atoms with Crippen LogP contribution < -0.4 is 10.6 Å². The molecule has 0 amide bonds. The molecule has 4 nitrogen and oxygen atoms in total. The molecule has 7 heteroatoms. The maximum absolute atomic E-state index is 6.19. The summed E-state index contributed by atoms with van der Waals surface area (Å²) in [5.41, 5.74) is 1.60. The van der Waals surface area contributed by atoms with Crippen molar-refractivity contribution in [1.82, 2.24) is 9.97 Å². The van der Waals surface area contributed by atoms with E-state index in [-0.39, 0.29) is 0 Å². The molecule has 0 atom stereocenters. The molecule has 0 aliphatic carbocycles. The Morgan fingerprint density at radius 1 is 1.11 bits per heavy atom. The number of aromatic nitrogens is 2.